The fourth-order valence-electron chi connectivity index (χ4n) is 3.30. The minimum absolute atomic E-state index is 0.131. The number of ether oxygens (including phenoxy) is 1. The molecule has 0 saturated heterocycles. The molecule has 0 aliphatic carbocycles. The van der Waals surface area contributed by atoms with Crippen molar-refractivity contribution in [2.24, 2.45) is 0 Å². The highest BCUT2D eigenvalue weighted by molar-refractivity contribution is 6.13. The summed E-state index contributed by atoms with van der Waals surface area (Å²) in [5, 5.41) is 13.8. The van der Waals surface area contributed by atoms with E-state index in [0.29, 0.717) is 33.6 Å². The van der Waals surface area contributed by atoms with Gasteiger partial charge >= 0.3 is 0 Å². The Morgan fingerprint density at radius 3 is 2.41 bits per heavy atom. The van der Waals surface area contributed by atoms with Gasteiger partial charge in [0.15, 0.2) is 0 Å². The summed E-state index contributed by atoms with van der Waals surface area (Å²) in [5.74, 6) is 0.409. The van der Waals surface area contributed by atoms with Crippen LogP contribution in [0.1, 0.15) is 21.6 Å². The van der Waals surface area contributed by atoms with Gasteiger partial charge in [0, 0.05) is 11.1 Å². The Hall–Kier alpha value is -3.60. The molecule has 0 N–H and O–H groups in total. The zero-order chi connectivity index (χ0) is 18.8. The summed E-state index contributed by atoms with van der Waals surface area (Å²) in [6.07, 6.45) is 0. The molecule has 5 nitrogen and oxygen atoms in total. The van der Waals surface area contributed by atoms with E-state index in [2.05, 4.69) is 0 Å². The van der Waals surface area contributed by atoms with E-state index in [0.717, 1.165) is 5.56 Å². The normalized spacial score (nSPS) is 10.9. The van der Waals surface area contributed by atoms with Gasteiger partial charge in [0.1, 0.15) is 17.8 Å². The number of methoxy groups -OCH3 is 1. The zero-order valence-electron chi connectivity index (χ0n) is 14.8. The monoisotopic (exact) mass is 358 g/mol. The van der Waals surface area contributed by atoms with Crippen molar-refractivity contribution < 1.29 is 14.4 Å². The van der Waals surface area contributed by atoms with E-state index in [1.807, 2.05) is 48.5 Å². The third kappa shape index (κ3) is 2.93. The lowest BCUT2D eigenvalue weighted by Crippen LogP contribution is -2.42. The van der Waals surface area contributed by atoms with Crippen LogP contribution in [0.15, 0.2) is 78.9 Å². The van der Waals surface area contributed by atoms with Crippen molar-refractivity contribution in [3.05, 3.63) is 101 Å². The Morgan fingerprint density at radius 1 is 0.963 bits per heavy atom. The number of nitrogens with zero attached hydrogens (tertiary/aromatic N) is 2. The Labute approximate surface area is 156 Å². The van der Waals surface area contributed by atoms with Crippen LogP contribution < -0.4 is 9.58 Å². The maximum absolute atomic E-state index is 13.1. The van der Waals surface area contributed by atoms with E-state index < -0.39 is 0 Å². The number of carbonyl (C=O) groups is 1. The second-order valence-electron chi connectivity index (χ2n) is 6.20. The Balaban J connectivity index is 1.88. The van der Waals surface area contributed by atoms with Crippen molar-refractivity contribution in [2.45, 2.75) is 6.54 Å². The smallest absolute Gasteiger partial charge is 0.299 e. The topological polar surface area (TPSA) is 58.2 Å². The first kappa shape index (κ1) is 16.8. The van der Waals surface area contributed by atoms with Crippen LogP contribution in [0.3, 0.4) is 0 Å². The van der Waals surface area contributed by atoms with E-state index >= 15 is 0 Å². The summed E-state index contributed by atoms with van der Waals surface area (Å²) in [6, 6.07) is 23.7. The van der Waals surface area contributed by atoms with Gasteiger partial charge in [0.05, 0.1) is 12.5 Å². The number of carbonyl (C=O) groups excluding carboxylic acids is 1. The minimum atomic E-state index is -0.291. The summed E-state index contributed by atoms with van der Waals surface area (Å²) in [5.41, 5.74) is 2.19. The molecule has 0 radical (unpaired) electrons. The molecule has 0 amide bonds. The van der Waals surface area contributed by atoms with Crippen LogP contribution in [0.2, 0.25) is 0 Å². The molecule has 134 valence electrons. The van der Waals surface area contributed by atoms with Crippen LogP contribution in [-0.2, 0) is 6.54 Å². The minimum Gasteiger partial charge on any atom is -0.595 e. The molecule has 0 bridgehead atoms. The van der Waals surface area contributed by atoms with Crippen molar-refractivity contribution in [1.82, 2.24) is 4.68 Å². The van der Waals surface area contributed by atoms with Gasteiger partial charge in [-0.1, -0.05) is 65.5 Å². The molecule has 0 fully saturated rings. The molecule has 0 atom stereocenters. The first-order valence-electron chi connectivity index (χ1n) is 8.63. The van der Waals surface area contributed by atoms with Gasteiger partial charge in [-0.2, -0.15) is 0 Å². The van der Waals surface area contributed by atoms with Crippen molar-refractivity contribution in [3.63, 3.8) is 0 Å². The Kier molecular flexibility index (Phi) is 4.34. The van der Waals surface area contributed by atoms with Gasteiger partial charge in [-0.05, 0) is 18.2 Å². The standard InChI is InChI=1S/C22H18N2O3/c1-27-20-14-8-5-11-17(20)15-23-19-13-7-6-12-18(19)21(24(23)26)22(25)16-9-3-2-4-10-16/h2-14H,15H2,1H3. The van der Waals surface area contributed by atoms with Crippen LogP contribution in [0.5, 0.6) is 5.75 Å². The summed E-state index contributed by atoms with van der Waals surface area (Å²) in [6.45, 7) is 0.302. The number of ketones is 1. The summed E-state index contributed by atoms with van der Waals surface area (Å²) >= 11 is 0. The molecule has 4 aromatic rings. The van der Waals surface area contributed by atoms with E-state index in [9.17, 15) is 10.0 Å². The second-order valence-corrected chi connectivity index (χ2v) is 6.20. The molecule has 5 heteroatoms. The molecular formula is C22H18N2O3. The van der Waals surface area contributed by atoms with Gasteiger partial charge in [0.25, 0.3) is 11.5 Å². The highest BCUT2D eigenvalue weighted by Gasteiger charge is 2.28. The predicted molar refractivity (Wildman–Crippen MR) is 103 cm³/mol. The SMILES string of the molecule is COc1ccccc1Cn1c2ccccc2c(C(=O)c2ccccc2)[n+]1[O-]. The van der Waals surface area contributed by atoms with Crippen LogP contribution in [0, 0.1) is 5.21 Å². The van der Waals surface area contributed by atoms with Crippen molar-refractivity contribution in [3.8, 4) is 5.75 Å². The first-order valence-corrected chi connectivity index (χ1v) is 8.63. The number of para-hydroxylation sites is 2. The number of hydrogen-bond donors (Lipinski definition) is 0. The van der Waals surface area contributed by atoms with E-state index in [-0.39, 0.29) is 11.5 Å². The fraction of sp³-hybridized carbons (Fsp3) is 0.0909. The van der Waals surface area contributed by atoms with Crippen LogP contribution in [0.4, 0.5) is 0 Å². The lowest BCUT2D eigenvalue weighted by molar-refractivity contribution is -0.692. The number of rotatable bonds is 5. The van der Waals surface area contributed by atoms with Gasteiger partial charge < -0.3 is 9.94 Å². The third-order valence-corrected chi connectivity index (χ3v) is 4.61. The highest BCUT2D eigenvalue weighted by Crippen LogP contribution is 2.23. The zero-order valence-corrected chi connectivity index (χ0v) is 14.8. The highest BCUT2D eigenvalue weighted by atomic mass is 16.5. The average Bonchev–Trinajstić information content (AvgIpc) is 3.00. The van der Waals surface area contributed by atoms with Gasteiger partial charge in [-0.3, -0.25) is 4.79 Å². The summed E-state index contributed by atoms with van der Waals surface area (Å²) in [4.78, 5) is 13.7. The van der Waals surface area contributed by atoms with Crippen molar-refractivity contribution >= 4 is 16.7 Å². The van der Waals surface area contributed by atoms with E-state index in [1.54, 1.807) is 42.1 Å². The Morgan fingerprint density at radius 2 is 1.63 bits per heavy atom. The molecule has 0 aliphatic heterocycles. The summed E-state index contributed by atoms with van der Waals surface area (Å²) in [7, 11) is 1.60. The molecule has 1 heterocycles. The molecule has 0 spiro atoms. The molecule has 27 heavy (non-hydrogen) atoms. The molecular weight excluding hydrogens is 340 g/mol. The van der Waals surface area contributed by atoms with Crippen LogP contribution >= 0.6 is 0 Å². The van der Waals surface area contributed by atoms with Crippen molar-refractivity contribution in [1.29, 1.82) is 0 Å². The van der Waals surface area contributed by atoms with Gasteiger partial charge in [0.2, 0.25) is 0 Å². The molecule has 0 saturated carbocycles. The fourth-order valence-corrected chi connectivity index (χ4v) is 3.30. The van der Waals surface area contributed by atoms with Gasteiger partial charge in [-0.15, -0.1) is 4.68 Å². The third-order valence-electron chi connectivity index (χ3n) is 4.61. The second kappa shape index (κ2) is 6.96. The maximum Gasteiger partial charge on any atom is 0.299 e. The lowest BCUT2D eigenvalue weighted by Gasteiger charge is -2.09. The quantitative estimate of drug-likeness (QED) is 0.311. The first-order chi connectivity index (χ1) is 13.2. The maximum atomic E-state index is 13.1. The molecule has 0 unspecified atom stereocenters. The number of fused-ring (bicyclic) bond motifs is 1. The number of hydrogen-bond acceptors (Lipinski definition) is 3. The summed E-state index contributed by atoms with van der Waals surface area (Å²) < 4.78 is 6.96. The molecule has 0 aliphatic rings. The molecule has 4 rings (SSSR count). The Bertz CT molecular complexity index is 1120. The van der Waals surface area contributed by atoms with Crippen LogP contribution in [-0.4, -0.2) is 17.6 Å². The predicted octanol–water partition coefficient (Wildman–Crippen LogP) is 3.56. The molecule has 3 aromatic carbocycles. The van der Waals surface area contributed by atoms with Gasteiger partial charge in [-0.25, -0.2) is 0 Å². The van der Waals surface area contributed by atoms with Crippen LogP contribution in [0.25, 0.3) is 10.9 Å². The number of aromatic nitrogens is 2. The average molecular weight is 358 g/mol. The van der Waals surface area contributed by atoms with Crippen molar-refractivity contribution in [2.75, 3.05) is 7.11 Å². The number of benzene rings is 3. The van der Waals surface area contributed by atoms with E-state index in [4.69, 9.17) is 4.74 Å². The largest absolute Gasteiger partial charge is 0.595 e. The van der Waals surface area contributed by atoms with E-state index in [1.165, 1.54) is 0 Å². The molecule has 1 aromatic heterocycles. The lowest BCUT2D eigenvalue weighted by atomic mass is 10.1.